The maximum Gasteiger partial charge on any atom is 0.259 e. The first kappa shape index (κ1) is 17.9. The second-order valence-corrected chi connectivity index (χ2v) is 7.29. The topological polar surface area (TPSA) is 88.0 Å². The first-order valence-corrected chi connectivity index (χ1v) is 9.27. The first-order valence-electron chi connectivity index (χ1n) is 9.27. The normalized spacial score (nSPS) is 11.3. The minimum Gasteiger partial charge on any atom is -0.325 e. The lowest BCUT2D eigenvalue weighted by Crippen LogP contribution is -2.12. The van der Waals surface area contributed by atoms with Gasteiger partial charge in [-0.05, 0) is 36.6 Å². The van der Waals surface area contributed by atoms with Gasteiger partial charge in [0.2, 0.25) is 0 Å². The number of anilines is 1. The van der Waals surface area contributed by atoms with Crippen LogP contribution in [0.1, 0.15) is 35.6 Å². The van der Waals surface area contributed by atoms with E-state index in [1.54, 1.807) is 10.7 Å². The predicted molar refractivity (Wildman–Crippen MR) is 108 cm³/mol. The molecule has 1 aromatic carbocycles. The molecule has 0 aliphatic rings. The number of aromatic amines is 1. The SMILES string of the molecule is Cc1ccc(-c2nnc(CC(C)C)[nH]2)cc1NC(=O)c1cnn2ccccc12. The van der Waals surface area contributed by atoms with Gasteiger partial charge in [-0.15, -0.1) is 10.2 Å². The molecule has 0 radical (unpaired) electrons. The van der Waals surface area contributed by atoms with Crippen molar-refractivity contribution in [1.82, 2.24) is 24.8 Å². The molecule has 7 heteroatoms. The zero-order valence-electron chi connectivity index (χ0n) is 16.1. The lowest BCUT2D eigenvalue weighted by Gasteiger charge is -2.09. The molecule has 142 valence electrons. The molecule has 0 spiro atoms. The Bertz CT molecular complexity index is 1140. The van der Waals surface area contributed by atoms with E-state index in [-0.39, 0.29) is 5.91 Å². The third kappa shape index (κ3) is 3.51. The summed E-state index contributed by atoms with van der Waals surface area (Å²) in [7, 11) is 0. The van der Waals surface area contributed by atoms with E-state index >= 15 is 0 Å². The van der Waals surface area contributed by atoms with Gasteiger partial charge in [0.15, 0.2) is 5.82 Å². The fraction of sp³-hybridized carbons (Fsp3) is 0.238. The number of hydrogen-bond donors (Lipinski definition) is 2. The quantitative estimate of drug-likeness (QED) is 0.555. The van der Waals surface area contributed by atoms with Crippen molar-refractivity contribution < 1.29 is 4.79 Å². The summed E-state index contributed by atoms with van der Waals surface area (Å²) in [5.74, 6) is 1.86. The van der Waals surface area contributed by atoms with Crippen LogP contribution in [0.25, 0.3) is 16.9 Å². The fourth-order valence-corrected chi connectivity index (χ4v) is 3.11. The van der Waals surface area contributed by atoms with Crippen molar-refractivity contribution in [3.63, 3.8) is 0 Å². The molecule has 4 aromatic rings. The summed E-state index contributed by atoms with van der Waals surface area (Å²) in [6.07, 6.45) is 4.24. The zero-order chi connectivity index (χ0) is 19.7. The Morgan fingerprint density at radius 1 is 1.21 bits per heavy atom. The number of aryl methyl sites for hydroxylation is 1. The molecule has 0 bridgehead atoms. The van der Waals surface area contributed by atoms with Gasteiger partial charge in [-0.1, -0.05) is 32.0 Å². The molecule has 0 atom stereocenters. The molecule has 4 rings (SSSR count). The van der Waals surface area contributed by atoms with E-state index in [2.05, 4.69) is 39.4 Å². The number of H-pyrrole nitrogens is 1. The number of amides is 1. The van der Waals surface area contributed by atoms with Crippen molar-refractivity contribution in [1.29, 1.82) is 0 Å². The monoisotopic (exact) mass is 374 g/mol. The highest BCUT2D eigenvalue weighted by molar-refractivity contribution is 6.09. The standard InChI is InChI=1S/C21H22N6O/c1-13(2)10-19-24-20(26-25-19)15-8-7-14(3)17(11-15)23-21(28)16-12-22-27-9-5-4-6-18(16)27/h4-9,11-13H,10H2,1-3H3,(H,23,28)(H,24,25,26). The summed E-state index contributed by atoms with van der Waals surface area (Å²) < 4.78 is 1.68. The Morgan fingerprint density at radius 3 is 2.89 bits per heavy atom. The average Bonchev–Trinajstić information content (AvgIpc) is 3.30. The van der Waals surface area contributed by atoms with E-state index in [0.717, 1.165) is 34.6 Å². The summed E-state index contributed by atoms with van der Waals surface area (Å²) in [5.41, 5.74) is 3.88. The number of fused-ring (bicyclic) bond motifs is 1. The van der Waals surface area contributed by atoms with Gasteiger partial charge < -0.3 is 10.3 Å². The Balaban J connectivity index is 1.60. The number of carbonyl (C=O) groups excluding carboxylic acids is 1. The second kappa shape index (κ2) is 7.26. The van der Waals surface area contributed by atoms with Crippen molar-refractivity contribution in [2.45, 2.75) is 27.2 Å². The molecule has 7 nitrogen and oxygen atoms in total. The molecule has 1 amide bonds. The minimum atomic E-state index is -0.195. The van der Waals surface area contributed by atoms with Crippen LogP contribution in [0.2, 0.25) is 0 Å². The maximum absolute atomic E-state index is 12.8. The van der Waals surface area contributed by atoms with Crippen LogP contribution < -0.4 is 5.32 Å². The predicted octanol–water partition coefficient (Wildman–Crippen LogP) is 3.88. The second-order valence-electron chi connectivity index (χ2n) is 7.29. The Labute approximate surface area is 162 Å². The highest BCUT2D eigenvalue weighted by Gasteiger charge is 2.15. The Hall–Kier alpha value is -3.48. The highest BCUT2D eigenvalue weighted by Crippen LogP contribution is 2.24. The van der Waals surface area contributed by atoms with E-state index in [1.807, 2.05) is 49.5 Å². The summed E-state index contributed by atoms with van der Waals surface area (Å²) in [6, 6.07) is 11.5. The van der Waals surface area contributed by atoms with E-state index in [4.69, 9.17) is 0 Å². The summed E-state index contributed by atoms with van der Waals surface area (Å²) >= 11 is 0. The van der Waals surface area contributed by atoms with Gasteiger partial charge in [-0.3, -0.25) is 4.79 Å². The van der Waals surface area contributed by atoms with E-state index < -0.39 is 0 Å². The lowest BCUT2D eigenvalue weighted by molar-refractivity contribution is 0.102. The van der Waals surface area contributed by atoms with Gasteiger partial charge in [0.05, 0.1) is 17.3 Å². The molecule has 0 aliphatic carbocycles. The number of nitrogens with zero attached hydrogens (tertiary/aromatic N) is 4. The number of carbonyl (C=O) groups is 1. The third-order valence-corrected chi connectivity index (χ3v) is 4.57. The molecule has 0 aliphatic heterocycles. The van der Waals surface area contributed by atoms with Crippen LogP contribution in [0.3, 0.4) is 0 Å². The van der Waals surface area contributed by atoms with Gasteiger partial charge in [0, 0.05) is 23.9 Å². The van der Waals surface area contributed by atoms with Crippen molar-refractivity contribution >= 4 is 17.1 Å². The van der Waals surface area contributed by atoms with Crippen LogP contribution in [0.15, 0.2) is 48.8 Å². The molecule has 0 saturated heterocycles. The smallest absolute Gasteiger partial charge is 0.259 e. The molecule has 28 heavy (non-hydrogen) atoms. The minimum absolute atomic E-state index is 0.195. The maximum atomic E-state index is 12.8. The zero-order valence-corrected chi connectivity index (χ0v) is 16.1. The average molecular weight is 374 g/mol. The van der Waals surface area contributed by atoms with Crippen molar-refractivity contribution in [3.05, 3.63) is 65.7 Å². The molecule has 0 saturated carbocycles. The Morgan fingerprint density at radius 2 is 2.07 bits per heavy atom. The lowest BCUT2D eigenvalue weighted by atomic mass is 10.1. The molecule has 0 fully saturated rings. The largest absolute Gasteiger partial charge is 0.325 e. The number of rotatable bonds is 5. The van der Waals surface area contributed by atoms with Gasteiger partial charge in [-0.2, -0.15) is 5.10 Å². The molecule has 3 aromatic heterocycles. The van der Waals surface area contributed by atoms with Gasteiger partial charge in [0.1, 0.15) is 5.82 Å². The van der Waals surface area contributed by atoms with Gasteiger partial charge in [-0.25, -0.2) is 4.52 Å². The number of aromatic nitrogens is 5. The summed E-state index contributed by atoms with van der Waals surface area (Å²) in [4.78, 5) is 16.1. The van der Waals surface area contributed by atoms with Crippen LogP contribution in [0, 0.1) is 12.8 Å². The third-order valence-electron chi connectivity index (χ3n) is 4.57. The van der Waals surface area contributed by atoms with Crippen LogP contribution in [-0.4, -0.2) is 30.7 Å². The van der Waals surface area contributed by atoms with E-state index in [1.165, 1.54) is 0 Å². The molecule has 3 heterocycles. The molecular formula is C21H22N6O. The summed E-state index contributed by atoms with van der Waals surface area (Å²) in [6.45, 7) is 6.24. The molecule has 2 N–H and O–H groups in total. The Kier molecular flexibility index (Phi) is 4.65. The molecule has 0 unspecified atom stereocenters. The number of nitrogens with one attached hydrogen (secondary N) is 2. The van der Waals surface area contributed by atoms with Gasteiger partial charge >= 0.3 is 0 Å². The molecular weight excluding hydrogens is 352 g/mol. The summed E-state index contributed by atoms with van der Waals surface area (Å²) in [5, 5.41) is 15.7. The highest BCUT2D eigenvalue weighted by atomic mass is 16.1. The van der Waals surface area contributed by atoms with Crippen LogP contribution in [0.4, 0.5) is 5.69 Å². The number of pyridine rings is 1. The first-order chi connectivity index (χ1) is 13.5. The van der Waals surface area contributed by atoms with E-state index in [9.17, 15) is 4.79 Å². The van der Waals surface area contributed by atoms with Crippen molar-refractivity contribution in [2.24, 2.45) is 5.92 Å². The number of benzene rings is 1. The van der Waals surface area contributed by atoms with Gasteiger partial charge in [0.25, 0.3) is 5.91 Å². The van der Waals surface area contributed by atoms with Crippen molar-refractivity contribution in [2.75, 3.05) is 5.32 Å². The number of hydrogen-bond acceptors (Lipinski definition) is 4. The van der Waals surface area contributed by atoms with Crippen molar-refractivity contribution in [3.8, 4) is 11.4 Å². The fourth-order valence-electron chi connectivity index (χ4n) is 3.11. The van der Waals surface area contributed by atoms with E-state index in [0.29, 0.717) is 17.3 Å². The van der Waals surface area contributed by atoms with Crippen LogP contribution in [0.5, 0.6) is 0 Å². The van der Waals surface area contributed by atoms with Crippen LogP contribution in [-0.2, 0) is 6.42 Å². The van der Waals surface area contributed by atoms with Crippen LogP contribution >= 0.6 is 0 Å².